The summed E-state index contributed by atoms with van der Waals surface area (Å²) < 4.78 is 15.9. The van der Waals surface area contributed by atoms with Crippen LogP contribution in [0.15, 0.2) is 12.1 Å². The van der Waals surface area contributed by atoms with Crippen molar-refractivity contribution >= 4 is 5.91 Å². The SMILES string of the molecule is COc1cc(CC(CO)CNC(C)=O)cc(OC)c1OC. The van der Waals surface area contributed by atoms with E-state index in [2.05, 4.69) is 5.32 Å². The summed E-state index contributed by atoms with van der Waals surface area (Å²) in [4.78, 5) is 11.0. The van der Waals surface area contributed by atoms with Gasteiger partial charge in [0, 0.05) is 26.0 Å². The first-order valence-electron chi connectivity index (χ1n) is 6.69. The molecule has 1 atom stereocenters. The zero-order valence-corrected chi connectivity index (χ0v) is 12.9. The van der Waals surface area contributed by atoms with Crippen LogP contribution in [0.5, 0.6) is 17.2 Å². The van der Waals surface area contributed by atoms with E-state index in [4.69, 9.17) is 14.2 Å². The third-order valence-corrected chi connectivity index (χ3v) is 3.15. The van der Waals surface area contributed by atoms with Gasteiger partial charge in [-0.3, -0.25) is 4.79 Å². The van der Waals surface area contributed by atoms with Crippen LogP contribution in [0.25, 0.3) is 0 Å². The number of carbonyl (C=O) groups excluding carboxylic acids is 1. The lowest BCUT2D eigenvalue weighted by Gasteiger charge is -2.17. The number of methoxy groups -OCH3 is 3. The van der Waals surface area contributed by atoms with Crippen molar-refractivity contribution < 1.29 is 24.1 Å². The molecule has 0 saturated carbocycles. The van der Waals surface area contributed by atoms with Gasteiger partial charge in [-0.25, -0.2) is 0 Å². The van der Waals surface area contributed by atoms with E-state index < -0.39 is 0 Å². The summed E-state index contributed by atoms with van der Waals surface area (Å²) in [5.74, 6) is 1.49. The molecule has 0 bridgehead atoms. The molecule has 1 aromatic rings. The van der Waals surface area contributed by atoms with Crippen LogP contribution in [-0.2, 0) is 11.2 Å². The van der Waals surface area contributed by atoms with E-state index in [1.165, 1.54) is 6.92 Å². The summed E-state index contributed by atoms with van der Waals surface area (Å²) in [5.41, 5.74) is 0.939. The van der Waals surface area contributed by atoms with Crippen LogP contribution in [0.3, 0.4) is 0 Å². The minimum absolute atomic E-state index is 0.0169. The molecule has 0 saturated heterocycles. The molecule has 2 N–H and O–H groups in total. The van der Waals surface area contributed by atoms with Crippen LogP contribution >= 0.6 is 0 Å². The minimum Gasteiger partial charge on any atom is -0.493 e. The Bertz CT molecular complexity index is 450. The van der Waals surface area contributed by atoms with Gasteiger partial charge in [0.25, 0.3) is 0 Å². The van der Waals surface area contributed by atoms with Gasteiger partial charge in [-0.15, -0.1) is 0 Å². The molecule has 6 heteroatoms. The predicted octanol–water partition coefficient (Wildman–Crippen LogP) is 0.999. The van der Waals surface area contributed by atoms with Crippen LogP contribution in [0.1, 0.15) is 12.5 Å². The van der Waals surface area contributed by atoms with Gasteiger partial charge in [0.15, 0.2) is 11.5 Å². The molecule has 0 spiro atoms. The van der Waals surface area contributed by atoms with Crippen molar-refractivity contribution in [2.75, 3.05) is 34.5 Å². The number of nitrogens with one attached hydrogen (secondary N) is 1. The molecule has 1 unspecified atom stereocenters. The first-order valence-corrected chi connectivity index (χ1v) is 6.69. The lowest BCUT2D eigenvalue weighted by Crippen LogP contribution is -2.30. The number of aliphatic hydroxyl groups is 1. The monoisotopic (exact) mass is 297 g/mol. The average molecular weight is 297 g/mol. The zero-order valence-electron chi connectivity index (χ0n) is 12.9. The summed E-state index contributed by atoms with van der Waals surface area (Å²) in [6.07, 6.45) is 0.591. The standard InChI is InChI=1S/C15H23NO5/c1-10(18)16-8-12(9-17)5-11-6-13(19-2)15(21-4)14(7-11)20-3/h6-7,12,17H,5,8-9H2,1-4H3,(H,16,18). The van der Waals surface area contributed by atoms with Gasteiger partial charge in [-0.1, -0.05) is 0 Å². The summed E-state index contributed by atoms with van der Waals surface area (Å²) in [6.45, 7) is 1.85. The van der Waals surface area contributed by atoms with Crippen LogP contribution < -0.4 is 19.5 Å². The summed E-state index contributed by atoms with van der Waals surface area (Å²) >= 11 is 0. The van der Waals surface area contributed by atoms with Crippen molar-refractivity contribution in [2.45, 2.75) is 13.3 Å². The Labute approximate surface area is 125 Å². The molecule has 0 fully saturated rings. The molecule has 6 nitrogen and oxygen atoms in total. The molecule has 1 rings (SSSR count). The van der Waals surface area contributed by atoms with Crippen molar-refractivity contribution in [1.29, 1.82) is 0 Å². The lowest BCUT2D eigenvalue weighted by atomic mass is 9.99. The van der Waals surface area contributed by atoms with Gasteiger partial charge in [-0.2, -0.15) is 0 Å². The largest absolute Gasteiger partial charge is 0.493 e. The van der Waals surface area contributed by atoms with Crippen LogP contribution in [0.4, 0.5) is 0 Å². The molecule has 0 aliphatic heterocycles. The van der Waals surface area contributed by atoms with E-state index in [1.54, 1.807) is 21.3 Å². The highest BCUT2D eigenvalue weighted by Crippen LogP contribution is 2.38. The van der Waals surface area contributed by atoms with E-state index in [0.29, 0.717) is 30.2 Å². The van der Waals surface area contributed by atoms with Crippen molar-refractivity contribution in [1.82, 2.24) is 5.32 Å². The van der Waals surface area contributed by atoms with Crippen molar-refractivity contribution in [3.63, 3.8) is 0 Å². The highest BCUT2D eigenvalue weighted by Gasteiger charge is 2.16. The van der Waals surface area contributed by atoms with Crippen LogP contribution in [-0.4, -0.2) is 45.5 Å². The van der Waals surface area contributed by atoms with Gasteiger partial charge in [0.05, 0.1) is 21.3 Å². The smallest absolute Gasteiger partial charge is 0.216 e. The number of benzene rings is 1. The first kappa shape index (κ1) is 17.1. The number of hydrogen-bond donors (Lipinski definition) is 2. The number of aliphatic hydroxyl groups excluding tert-OH is 1. The molecule has 1 aromatic carbocycles. The Morgan fingerprint density at radius 2 is 1.76 bits per heavy atom. The fourth-order valence-corrected chi connectivity index (χ4v) is 2.08. The third-order valence-electron chi connectivity index (χ3n) is 3.15. The van der Waals surface area contributed by atoms with Gasteiger partial charge < -0.3 is 24.6 Å². The molecular formula is C15H23NO5. The predicted molar refractivity (Wildman–Crippen MR) is 79.1 cm³/mol. The first-order chi connectivity index (χ1) is 10.0. The minimum atomic E-state index is -0.113. The molecule has 0 aliphatic rings. The summed E-state index contributed by atoms with van der Waals surface area (Å²) in [5, 5.41) is 12.1. The summed E-state index contributed by atoms with van der Waals surface area (Å²) in [6, 6.07) is 3.69. The normalized spacial score (nSPS) is 11.7. The highest BCUT2D eigenvalue weighted by molar-refractivity contribution is 5.72. The zero-order chi connectivity index (χ0) is 15.8. The molecule has 21 heavy (non-hydrogen) atoms. The fraction of sp³-hybridized carbons (Fsp3) is 0.533. The molecule has 0 heterocycles. The average Bonchev–Trinajstić information content (AvgIpc) is 2.49. The molecule has 118 valence electrons. The van der Waals surface area contributed by atoms with Crippen molar-refractivity contribution in [3.05, 3.63) is 17.7 Å². The van der Waals surface area contributed by atoms with Gasteiger partial charge in [0.2, 0.25) is 11.7 Å². The summed E-state index contributed by atoms with van der Waals surface area (Å²) in [7, 11) is 4.66. The van der Waals surface area contributed by atoms with Crippen LogP contribution in [0, 0.1) is 5.92 Å². The molecule has 0 radical (unpaired) electrons. The Balaban J connectivity index is 2.93. The number of amides is 1. The molecule has 1 amide bonds. The van der Waals surface area contributed by atoms with Crippen molar-refractivity contribution in [2.24, 2.45) is 5.92 Å². The Morgan fingerprint density at radius 1 is 1.19 bits per heavy atom. The number of rotatable bonds is 8. The molecule has 0 aliphatic carbocycles. The second kappa shape index (κ2) is 8.36. The lowest BCUT2D eigenvalue weighted by molar-refractivity contribution is -0.119. The Morgan fingerprint density at radius 3 is 2.14 bits per heavy atom. The molecular weight excluding hydrogens is 274 g/mol. The van der Waals surface area contributed by atoms with E-state index in [-0.39, 0.29) is 18.4 Å². The van der Waals surface area contributed by atoms with Crippen LogP contribution in [0.2, 0.25) is 0 Å². The Kier molecular flexibility index (Phi) is 6.81. The molecule has 0 aromatic heterocycles. The topological polar surface area (TPSA) is 77.0 Å². The fourth-order valence-electron chi connectivity index (χ4n) is 2.08. The van der Waals surface area contributed by atoms with E-state index in [0.717, 1.165) is 5.56 Å². The number of ether oxygens (including phenoxy) is 3. The second-order valence-electron chi connectivity index (χ2n) is 4.72. The van der Waals surface area contributed by atoms with Crippen molar-refractivity contribution in [3.8, 4) is 17.2 Å². The van der Waals surface area contributed by atoms with E-state index in [1.807, 2.05) is 12.1 Å². The maximum absolute atomic E-state index is 11.0. The Hall–Kier alpha value is -1.95. The maximum Gasteiger partial charge on any atom is 0.216 e. The van der Waals surface area contributed by atoms with E-state index >= 15 is 0 Å². The quantitative estimate of drug-likeness (QED) is 0.748. The number of carbonyl (C=O) groups is 1. The van der Waals surface area contributed by atoms with E-state index in [9.17, 15) is 9.90 Å². The maximum atomic E-state index is 11.0. The second-order valence-corrected chi connectivity index (χ2v) is 4.72. The number of hydrogen-bond acceptors (Lipinski definition) is 5. The van der Waals surface area contributed by atoms with Gasteiger partial charge in [-0.05, 0) is 24.1 Å². The van der Waals surface area contributed by atoms with Gasteiger partial charge in [0.1, 0.15) is 0 Å². The van der Waals surface area contributed by atoms with Gasteiger partial charge >= 0.3 is 0 Å². The third kappa shape index (κ3) is 4.82. The highest BCUT2D eigenvalue weighted by atomic mass is 16.5.